The first-order chi connectivity index (χ1) is 17.8. The molecule has 0 bridgehead atoms. The third kappa shape index (κ3) is 12.2. The Labute approximate surface area is 232 Å². The van der Waals surface area contributed by atoms with Gasteiger partial charge in [-0.15, -0.1) is 0 Å². The highest BCUT2D eigenvalue weighted by Gasteiger charge is 2.25. The minimum Gasteiger partial charge on any atom is -0.392 e. The van der Waals surface area contributed by atoms with Crippen molar-refractivity contribution in [2.24, 2.45) is 5.92 Å². The molecule has 1 heterocycles. The van der Waals surface area contributed by atoms with Crippen LogP contribution in [0.25, 0.3) is 0 Å². The van der Waals surface area contributed by atoms with E-state index < -0.39 is 0 Å². The topological polar surface area (TPSA) is 79.6 Å². The summed E-state index contributed by atoms with van der Waals surface area (Å²) in [5.74, 6) is 0.750. The summed E-state index contributed by atoms with van der Waals surface area (Å²) in [6.07, 6.45) is 7.12. The van der Waals surface area contributed by atoms with Crippen LogP contribution >= 0.6 is 23.2 Å². The molecule has 2 aromatic carbocycles. The Morgan fingerprint density at radius 2 is 1.86 bits per heavy atom. The van der Waals surface area contributed by atoms with Crippen LogP contribution in [-0.4, -0.2) is 66.7 Å². The van der Waals surface area contributed by atoms with Crippen molar-refractivity contribution in [3.8, 4) is 6.07 Å². The Bertz CT molecular complexity index is 950. The SMILES string of the molecule is CC1CCCC(N(C=O)CCN2CCC(O)C2)C1.CNc1cc(Cl)cc(Cl)c1.N#CCc1ccccc1. The van der Waals surface area contributed by atoms with Crippen molar-refractivity contribution in [2.75, 3.05) is 38.5 Å². The van der Waals surface area contributed by atoms with Gasteiger partial charge in [-0.2, -0.15) is 5.26 Å². The highest BCUT2D eigenvalue weighted by atomic mass is 35.5. The minimum atomic E-state index is -0.163. The third-order valence-electron chi connectivity index (χ3n) is 6.71. The summed E-state index contributed by atoms with van der Waals surface area (Å²) in [5.41, 5.74) is 2.01. The van der Waals surface area contributed by atoms with Gasteiger partial charge in [-0.05, 0) is 48.9 Å². The van der Waals surface area contributed by atoms with Gasteiger partial charge in [0.15, 0.2) is 0 Å². The van der Waals surface area contributed by atoms with Crippen LogP contribution in [0.1, 0.15) is 44.6 Å². The number of nitrogens with one attached hydrogen (secondary N) is 1. The van der Waals surface area contributed by atoms with Crippen molar-refractivity contribution in [1.29, 1.82) is 5.26 Å². The van der Waals surface area contributed by atoms with Crippen LogP contribution in [0.15, 0.2) is 48.5 Å². The average Bonchev–Trinajstić information content (AvgIpc) is 3.30. The Kier molecular flexibility index (Phi) is 14.4. The first-order valence-electron chi connectivity index (χ1n) is 13.0. The molecule has 1 saturated carbocycles. The standard InChI is InChI=1S/C14H26N2O2.C8H7N.C7H7Cl2N/c1-12-3-2-4-13(9-12)16(11-17)8-7-15-6-5-14(18)10-15;9-7-6-8-4-2-1-3-5-8;1-10-7-3-5(8)2-6(9)4-7/h11-14,18H,2-10H2,1H3;1-5H,6H2;2-4,10H,1H3. The molecule has 3 atom stereocenters. The molecule has 1 aliphatic heterocycles. The van der Waals surface area contributed by atoms with Crippen molar-refractivity contribution in [2.45, 2.75) is 57.6 Å². The number of β-amino-alcohol motifs (C(OH)–C–C–N with tert-alkyl or cyclic N) is 1. The normalized spacial score (nSPS) is 20.9. The molecule has 4 rings (SSSR count). The molecule has 1 aliphatic carbocycles. The molecular weight excluding hydrogens is 507 g/mol. The molecule has 2 aromatic rings. The molecule has 1 saturated heterocycles. The molecule has 37 heavy (non-hydrogen) atoms. The van der Waals surface area contributed by atoms with E-state index >= 15 is 0 Å². The average molecular weight is 548 g/mol. The number of carbonyl (C=O) groups is 1. The van der Waals surface area contributed by atoms with Gasteiger partial charge >= 0.3 is 0 Å². The van der Waals surface area contributed by atoms with Gasteiger partial charge in [-0.3, -0.25) is 9.69 Å². The maximum Gasteiger partial charge on any atom is 0.209 e. The van der Waals surface area contributed by atoms with Crippen molar-refractivity contribution < 1.29 is 9.90 Å². The van der Waals surface area contributed by atoms with Crippen molar-refractivity contribution >= 4 is 35.3 Å². The quantitative estimate of drug-likeness (QED) is 0.424. The number of amides is 1. The van der Waals surface area contributed by atoms with Crippen LogP contribution in [0.5, 0.6) is 0 Å². The second kappa shape index (κ2) is 17.3. The number of aliphatic hydroxyl groups excluding tert-OH is 1. The van der Waals surface area contributed by atoms with Crippen molar-refractivity contribution in [1.82, 2.24) is 9.80 Å². The predicted octanol–water partition coefficient (Wildman–Crippen LogP) is 5.88. The van der Waals surface area contributed by atoms with E-state index in [2.05, 4.69) is 23.2 Å². The molecule has 8 heteroatoms. The van der Waals surface area contributed by atoms with Gasteiger partial charge in [-0.25, -0.2) is 0 Å². The highest BCUT2D eigenvalue weighted by Crippen LogP contribution is 2.26. The van der Waals surface area contributed by atoms with E-state index in [9.17, 15) is 9.90 Å². The number of nitrogens with zero attached hydrogens (tertiary/aromatic N) is 3. The first-order valence-corrected chi connectivity index (χ1v) is 13.8. The highest BCUT2D eigenvalue weighted by molar-refractivity contribution is 6.35. The number of likely N-dealkylation sites (tertiary alicyclic amines) is 1. The Morgan fingerprint density at radius 3 is 2.41 bits per heavy atom. The number of rotatable bonds is 7. The van der Waals surface area contributed by atoms with E-state index in [1.54, 1.807) is 6.07 Å². The lowest BCUT2D eigenvalue weighted by Gasteiger charge is -2.35. The van der Waals surface area contributed by atoms with Crippen LogP contribution in [0.3, 0.4) is 0 Å². The van der Waals surface area contributed by atoms with Crippen LogP contribution in [0.2, 0.25) is 10.0 Å². The molecule has 0 spiro atoms. The number of benzene rings is 2. The van der Waals surface area contributed by atoms with Crippen LogP contribution < -0.4 is 5.32 Å². The zero-order valence-corrected chi connectivity index (χ0v) is 23.5. The van der Waals surface area contributed by atoms with Crippen molar-refractivity contribution in [3.63, 3.8) is 0 Å². The monoisotopic (exact) mass is 546 g/mol. The lowest BCUT2D eigenvalue weighted by Crippen LogP contribution is -2.42. The van der Waals surface area contributed by atoms with Gasteiger partial charge < -0.3 is 15.3 Å². The van der Waals surface area contributed by atoms with Gasteiger partial charge in [0.2, 0.25) is 6.41 Å². The first kappa shape index (κ1) is 30.9. The van der Waals surface area contributed by atoms with E-state index in [1.807, 2.05) is 54.4 Å². The van der Waals surface area contributed by atoms with Crippen LogP contribution in [0, 0.1) is 17.2 Å². The number of hydrogen-bond acceptors (Lipinski definition) is 5. The largest absolute Gasteiger partial charge is 0.392 e. The maximum absolute atomic E-state index is 11.2. The number of aliphatic hydroxyl groups is 1. The summed E-state index contributed by atoms with van der Waals surface area (Å²) in [6.45, 7) is 5.74. The molecule has 1 amide bonds. The number of hydrogen-bond donors (Lipinski definition) is 2. The zero-order valence-electron chi connectivity index (χ0n) is 22.0. The fourth-order valence-electron chi connectivity index (χ4n) is 4.68. The molecule has 0 radical (unpaired) electrons. The summed E-state index contributed by atoms with van der Waals surface area (Å²) >= 11 is 11.4. The fourth-order valence-corrected chi connectivity index (χ4v) is 5.21. The molecule has 2 aliphatic rings. The number of anilines is 1. The van der Waals surface area contributed by atoms with Gasteiger partial charge in [0.1, 0.15) is 0 Å². The van der Waals surface area contributed by atoms with Crippen molar-refractivity contribution in [3.05, 3.63) is 64.1 Å². The van der Waals surface area contributed by atoms with Gasteiger partial charge in [-0.1, -0.05) is 73.3 Å². The van der Waals surface area contributed by atoms with Gasteiger partial charge in [0.05, 0.1) is 18.6 Å². The molecule has 6 nitrogen and oxygen atoms in total. The maximum atomic E-state index is 11.2. The third-order valence-corrected chi connectivity index (χ3v) is 7.15. The van der Waals surface area contributed by atoms with Crippen LogP contribution in [0.4, 0.5) is 5.69 Å². The van der Waals surface area contributed by atoms with Gasteiger partial charge in [0, 0.05) is 55.0 Å². The molecule has 3 unspecified atom stereocenters. The van der Waals surface area contributed by atoms with E-state index in [1.165, 1.54) is 12.8 Å². The summed E-state index contributed by atoms with van der Waals surface area (Å²) in [7, 11) is 1.82. The Morgan fingerprint density at radius 1 is 1.16 bits per heavy atom. The predicted molar refractivity (Wildman–Crippen MR) is 153 cm³/mol. The molecule has 0 aromatic heterocycles. The summed E-state index contributed by atoms with van der Waals surface area (Å²) < 4.78 is 0. The minimum absolute atomic E-state index is 0.163. The van der Waals surface area contributed by atoms with E-state index in [0.29, 0.717) is 22.5 Å². The van der Waals surface area contributed by atoms with E-state index in [0.717, 1.165) is 69.0 Å². The van der Waals surface area contributed by atoms with Gasteiger partial charge in [0.25, 0.3) is 0 Å². The smallest absolute Gasteiger partial charge is 0.209 e. The van der Waals surface area contributed by atoms with E-state index in [-0.39, 0.29) is 6.10 Å². The van der Waals surface area contributed by atoms with Crippen LogP contribution in [-0.2, 0) is 11.2 Å². The second-order valence-corrected chi connectivity index (χ2v) is 10.6. The Balaban J connectivity index is 0.000000214. The molecular formula is C29H40Cl2N4O2. The van der Waals surface area contributed by atoms with E-state index in [4.69, 9.17) is 28.5 Å². The number of nitriles is 1. The molecule has 2 fully saturated rings. The summed E-state index contributed by atoms with van der Waals surface area (Å²) in [6, 6.07) is 17.6. The number of carbonyl (C=O) groups excluding carboxylic acids is 1. The summed E-state index contributed by atoms with van der Waals surface area (Å²) in [4.78, 5) is 15.5. The Hall–Kier alpha value is -2.30. The summed E-state index contributed by atoms with van der Waals surface area (Å²) in [5, 5.41) is 22.0. The fraction of sp³-hybridized carbons (Fsp3) is 0.517. The number of halogens is 2. The molecule has 2 N–H and O–H groups in total. The molecule has 202 valence electrons. The lowest BCUT2D eigenvalue weighted by atomic mass is 9.86. The lowest BCUT2D eigenvalue weighted by molar-refractivity contribution is -0.121. The second-order valence-electron chi connectivity index (χ2n) is 9.74. The zero-order chi connectivity index (χ0) is 27.0.